The zero-order valence-electron chi connectivity index (χ0n) is 11.5. The standard InChI is InChI=1S/C13H20ClNO3S/c1-11(10-19(3,16)17)15(2)8-9-18-13-6-4-12(14)5-7-13/h4-7,11H,8-10H2,1-3H3. The van der Waals surface area contributed by atoms with E-state index in [4.69, 9.17) is 16.3 Å². The normalized spacial score (nSPS) is 13.5. The molecule has 6 heteroatoms. The maximum absolute atomic E-state index is 11.2. The molecule has 4 nitrogen and oxygen atoms in total. The van der Waals surface area contributed by atoms with Crippen molar-refractivity contribution in [3.8, 4) is 5.75 Å². The number of halogens is 1. The lowest BCUT2D eigenvalue weighted by atomic mass is 10.3. The quantitative estimate of drug-likeness (QED) is 0.774. The van der Waals surface area contributed by atoms with Gasteiger partial charge in [-0.15, -0.1) is 0 Å². The van der Waals surface area contributed by atoms with Crippen LogP contribution in [0.25, 0.3) is 0 Å². The molecule has 0 radical (unpaired) electrons. The summed E-state index contributed by atoms with van der Waals surface area (Å²) in [5.74, 6) is 0.915. The van der Waals surface area contributed by atoms with Gasteiger partial charge >= 0.3 is 0 Å². The molecule has 1 aromatic carbocycles. The third-order valence-corrected chi connectivity index (χ3v) is 4.16. The topological polar surface area (TPSA) is 46.6 Å². The van der Waals surface area contributed by atoms with Crippen LogP contribution in [0.2, 0.25) is 5.02 Å². The van der Waals surface area contributed by atoms with Crippen molar-refractivity contribution < 1.29 is 13.2 Å². The minimum atomic E-state index is -2.95. The highest BCUT2D eigenvalue weighted by molar-refractivity contribution is 7.90. The number of hydrogen-bond acceptors (Lipinski definition) is 4. The van der Waals surface area contributed by atoms with Gasteiger partial charge in [-0.2, -0.15) is 0 Å². The van der Waals surface area contributed by atoms with Crippen molar-refractivity contribution in [3.63, 3.8) is 0 Å². The summed E-state index contributed by atoms with van der Waals surface area (Å²) in [4.78, 5) is 1.97. The van der Waals surface area contributed by atoms with E-state index in [1.165, 1.54) is 6.26 Å². The molecule has 0 saturated carbocycles. The van der Waals surface area contributed by atoms with Crippen LogP contribution < -0.4 is 4.74 Å². The van der Waals surface area contributed by atoms with Gasteiger partial charge in [0.1, 0.15) is 22.2 Å². The summed E-state index contributed by atoms with van der Waals surface area (Å²) in [5, 5.41) is 0.672. The molecule has 1 aromatic rings. The monoisotopic (exact) mass is 305 g/mol. The fourth-order valence-corrected chi connectivity index (χ4v) is 2.88. The number of nitrogens with zero attached hydrogens (tertiary/aromatic N) is 1. The van der Waals surface area contributed by atoms with Crippen LogP contribution in [0.4, 0.5) is 0 Å². The fourth-order valence-electron chi connectivity index (χ4n) is 1.62. The highest BCUT2D eigenvalue weighted by atomic mass is 35.5. The Morgan fingerprint density at radius 1 is 1.32 bits per heavy atom. The van der Waals surface area contributed by atoms with E-state index < -0.39 is 9.84 Å². The molecule has 0 aliphatic heterocycles. The van der Waals surface area contributed by atoms with Crippen LogP contribution in [0, 0.1) is 0 Å². The van der Waals surface area contributed by atoms with Crippen LogP contribution in [0.1, 0.15) is 6.92 Å². The van der Waals surface area contributed by atoms with Gasteiger partial charge in [0.15, 0.2) is 0 Å². The molecule has 0 aliphatic carbocycles. The Balaban J connectivity index is 2.34. The first-order valence-corrected chi connectivity index (χ1v) is 8.48. The molecule has 0 heterocycles. The Labute approximate surface area is 120 Å². The Kier molecular flexibility index (Phi) is 6.10. The van der Waals surface area contributed by atoms with Crippen molar-refractivity contribution in [2.24, 2.45) is 0 Å². The molecule has 0 amide bonds. The van der Waals surface area contributed by atoms with Crippen LogP contribution in [-0.2, 0) is 9.84 Å². The summed E-state index contributed by atoms with van der Waals surface area (Å²) in [6, 6.07) is 7.13. The molecule has 1 rings (SSSR count). The van der Waals surface area contributed by atoms with E-state index in [1.807, 2.05) is 31.0 Å². The van der Waals surface area contributed by atoms with Crippen molar-refractivity contribution in [2.45, 2.75) is 13.0 Å². The lowest BCUT2D eigenvalue weighted by Gasteiger charge is -2.23. The number of ether oxygens (including phenoxy) is 1. The van der Waals surface area contributed by atoms with E-state index >= 15 is 0 Å². The van der Waals surface area contributed by atoms with E-state index in [0.717, 1.165) is 5.75 Å². The number of hydrogen-bond donors (Lipinski definition) is 0. The molecule has 0 aliphatic rings. The number of rotatable bonds is 7. The van der Waals surface area contributed by atoms with Gasteiger partial charge in [-0.3, -0.25) is 4.90 Å². The van der Waals surface area contributed by atoms with Gasteiger partial charge in [0, 0.05) is 23.9 Å². The largest absolute Gasteiger partial charge is 0.492 e. The molecular weight excluding hydrogens is 286 g/mol. The first kappa shape index (κ1) is 16.3. The summed E-state index contributed by atoms with van der Waals surface area (Å²) < 4.78 is 28.0. The van der Waals surface area contributed by atoms with Gasteiger partial charge in [-0.05, 0) is 38.2 Å². The summed E-state index contributed by atoms with van der Waals surface area (Å²) >= 11 is 5.78. The third-order valence-electron chi connectivity index (χ3n) is 2.82. The molecular formula is C13H20ClNO3S. The highest BCUT2D eigenvalue weighted by Crippen LogP contribution is 2.15. The van der Waals surface area contributed by atoms with Gasteiger partial charge in [0.25, 0.3) is 0 Å². The maximum Gasteiger partial charge on any atom is 0.148 e. The average Bonchev–Trinajstić information content (AvgIpc) is 2.29. The maximum atomic E-state index is 11.2. The zero-order valence-corrected chi connectivity index (χ0v) is 13.0. The number of sulfone groups is 1. The molecule has 108 valence electrons. The second kappa shape index (κ2) is 7.12. The summed E-state index contributed by atoms with van der Waals surface area (Å²) in [6.07, 6.45) is 1.25. The predicted octanol–water partition coefficient (Wildman–Crippen LogP) is 2.08. The lowest BCUT2D eigenvalue weighted by Crippen LogP contribution is -2.37. The molecule has 19 heavy (non-hydrogen) atoms. The minimum absolute atomic E-state index is 0.0242. The molecule has 0 saturated heterocycles. The Hall–Kier alpha value is -0.780. The Morgan fingerprint density at radius 3 is 2.42 bits per heavy atom. The van der Waals surface area contributed by atoms with E-state index in [1.54, 1.807) is 12.1 Å². The first-order chi connectivity index (χ1) is 8.78. The van der Waals surface area contributed by atoms with Gasteiger partial charge < -0.3 is 4.74 Å². The molecule has 1 atom stereocenters. The molecule has 0 fully saturated rings. The lowest BCUT2D eigenvalue weighted by molar-refractivity contribution is 0.209. The van der Waals surface area contributed by atoms with Crippen molar-refractivity contribution in [1.29, 1.82) is 0 Å². The van der Waals surface area contributed by atoms with E-state index in [0.29, 0.717) is 18.2 Å². The molecule has 0 aromatic heterocycles. The molecule has 1 unspecified atom stereocenters. The van der Waals surface area contributed by atoms with Gasteiger partial charge in [0.2, 0.25) is 0 Å². The number of benzene rings is 1. The second-order valence-electron chi connectivity index (χ2n) is 4.72. The summed E-state index contributed by atoms with van der Waals surface area (Å²) in [7, 11) is -1.06. The average molecular weight is 306 g/mol. The fraction of sp³-hybridized carbons (Fsp3) is 0.538. The van der Waals surface area contributed by atoms with Gasteiger partial charge in [-0.25, -0.2) is 8.42 Å². The summed E-state index contributed by atoms with van der Waals surface area (Å²) in [6.45, 7) is 3.06. The van der Waals surface area contributed by atoms with Crippen LogP contribution >= 0.6 is 11.6 Å². The van der Waals surface area contributed by atoms with E-state index in [-0.39, 0.29) is 11.8 Å². The Bertz CT molecular complexity index is 487. The van der Waals surface area contributed by atoms with Crippen LogP contribution in [0.3, 0.4) is 0 Å². The highest BCUT2D eigenvalue weighted by Gasteiger charge is 2.14. The third kappa shape index (κ3) is 6.80. The molecule has 0 spiro atoms. The minimum Gasteiger partial charge on any atom is -0.492 e. The van der Waals surface area contributed by atoms with Crippen LogP contribution in [-0.4, -0.2) is 51.6 Å². The van der Waals surface area contributed by atoms with Crippen LogP contribution in [0.15, 0.2) is 24.3 Å². The smallest absolute Gasteiger partial charge is 0.148 e. The van der Waals surface area contributed by atoms with Crippen LogP contribution in [0.5, 0.6) is 5.75 Å². The van der Waals surface area contributed by atoms with Crippen molar-refractivity contribution >= 4 is 21.4 Å². The van der Waals surface area contributed by atoms with E-state index in [9.17, 15) is 8.42 Å². The van der Waals surface area contributed by atoms with Crippen molar-refractivity contribution in [1.82, 2.24) is 4.90 Å². The van der Waals surface area contributed by atoms with Gasteiger partial charge in [-0.1, -0.05) is 11.6 Å². The van der Waals surface area contributed by atoms with Gasteiger partial charge in [0.05, 0.1) is 5.75 Å². The Morgan fingerprint density at radius 2 is 1.89 bits per heavy atom. The first-order valence-electron chi connectivity index (χ1n) is 6.04. The number of likely N-dealkylation sites (N-methyl/N-ethyl adjacent to an activating group) is 1. The molecule has 0 bridgehead atoms. The van der Waals surface area contributed by atoms with Crippen molar-refractivity contribution in [3.05, 3.63) is 29.3 Å². The second-order valence-corrected chi connectivity index (χ2v) is 7.35. The SMILES string of the molecule is CC(CS(C)(=O)=O)N(C)CCOc1ccc(Cl)cc1. The zero-order chi connectivity index (χ0) is 14.5. The molecule has 0 N–H and O–H groups in total. The van der Waals surface area contributed by atoms with E-state index in [2.05, 4.69) is 0 Å². The summed E-state index contributed by atoms with van der Waals surface area (Å²) in [5.41, 5.74) is 0. The predicted molar refractivity (Wildman–Crippen MR) is 78.7 cm³/mol. The van der Waals surface area contributed by atoms with Crippen molar-refractivity contribution in [2.75, 3.05) is 32.2 Å².